The molecule has 2 heterocycles. The second-order valence-electron chi connectivity index (χ2n) is 18.6. The van der Waals surface area contributed by atoms with Gasteiger partial charge in [0.2, 0.25) is 5.69 Å². The number of benzene rings is 3. The van der Waals surface area contributed by atoms with Crippen LogP contribution in [0, 0.1) is 6.92 Å². The monoisotopic (exact) mass is 799 g/mol. The fourth-order valence-electron chi connectivity index (χ4n) is 7.75. The SMILES string of the molecule is Cc1ccc2c(c1)C(C)(C)C(/C=C/C(=C/C=C1/N(CCC[N+](C)(C)C)c3ccc(S(=O)(=O)O)cc3C1(C)C)Oc1ccc(CCC(=O)O)cc1)=[N+]2CC[N+](C)(C)C. The highest BCUT2D eigenvalue weighted by molar-refractivity contribution is 7.85. The zero-order valence-corrected chi connectivity index (χ0v) is 36.6. The average Bonchev–Trinajstić information content (AvgIpc) is 3.44. The molecule has 0 amide bonds. The molecule has 2 aliphatic heterocycles. The van der Waals surface area contributed by atoms with E-state index in [4.69, 9.17) is 4.74 Å². The van der Waals surface area contributed by atoms with E-state index in [1.165, 1.54) is 22.9 Å². The number of anilines is 1. The number of carbonyl (C=O) groups is 1. The van der Waals surface area contributed by atoms with E-state index in [1.807, 2.05) is 36.4 Å². The zero-order valence-electron chi connectivity index (χ0n) is 35.8. The molecule has 0 spiro atoms. The topological polar surface area (TPSA) is 107 Å². The molecule has 5 rings (SSSR count). The van der Waals surface area contributed by atoms with E-state index in [-0.39, 0.29) is 16.7 Å². The number of hydrogen-bond donors (Lipinski definition) is 2. The van der Waals surface area contributed by atoms with Crippen LogP contribution in [-0.4, -0.2) is 112 Å². The molecule has 2 N–H and O–H groups in total. The molecule has 3 aromatic rings. The summed E-state index contributed by atoms with van der Waals surface area (Å²) < 4.78 is 45.2. The molecule has 0 unspecified atom stereocenters. The van der Waals surface area contributed by atoms with Crippen molar-refractivity contribution in [3.63, 3.8) is 0 Å². The lowest BCUT2D eigenvalue weighted by Crippen LogP contribution is -2.40. The maximum absolute atomic E-state index is 12.3. The highest BCUT2D eigenvalue weighted by atomic mass is 32.2. The summed E-state index contributed by atoms with van der Waals surface area (Å²) in [5, 5.41) is 9.20. The van der Waals surface area contributed by atoms with Gasteiger partial charge in [0.05, 0.1) is 59.1 Å². The van der Waals surface area contributed by atoms with Gasteiger partial charge in [-0.15, -0.1) is 0 Å². The van der Waals surface area contributed by atoms with Gasteiger partial charge >= 0.3 is 5.97 Å². The van der Waals surface area contributed by atoms with Crippen molar-refractivity contribution in [3.05, 3.63) is 119 Å². The number of hydrogen-bond acceptors (Lipinski definition) is 5. The Morgan fingerprint density at radius 3 is 2.16 bits per heavy atom. The summed E-state index contributed by atoms with van der Waals surface area (Å²) in [6, 6.07) is 19.1. The largest absolute Gasteiger partial charge is 0.481 e. The Labute approximate surface area is 340 Å². The summed E-state index contributed by atoms with van der Waals surface area (Å²) in [5.74, 6) is 0.377. The highest BCUT2D eigenvalue weighted by Crippen LogP contribution is 2.48. The Kier molecular flexibility index (Phi) is 12.5. The lowest BCUT2D eigenvalue weighted by molar-refractivity contribution is -0.876. The van der Waals surface area contributed by atoms with Crippen LogP contribution < -0.4 is 9.64 Å². The van der Waals surface area contributed by atoms with E-state index in [2.05, 4.69) is 117 Å². The van der Waals surface area contributed by atoms with Gasteiger partial charge in [-0.25, -0.2) is 0 Å². The van der Waals surface area contributed by atoms with Crippen LogP contribution in [0.1, 0.15) is 62.8 Å². The van der Waals surface area contributed by atoms with Crippen LogP contribution in [0.5, 0.6) is 5.75 Å². The van der Waals surface area contributed by atoms with E-state index in [0.717, 1.165) is 63.2 Å². The quantitative estimate of drug-likeness (QED) is 0.0505. The molecule has 0 aromatic heterocycles. The Bertz CT molecular complexity index is 2230. The minimum atomic E-state index is -4.40. The Balaban J connectivity index is 1.63. The second kappa shape index (κ2) is 16.4. The van der Waals surface area contributed by atoms with Crippen molar-refractivity contribution in [1.29, 1.82) is 0 Å². The standard InChI is InChI=1S/C46H61N4O6S/c1-33-13-22-40-38(31-33)45(2,3)43(48(40)28-30-50(9,10)11)25-20-36(56-35-17-14-34(15-18-35)16-26-44(51)52)19-24-42-46(4,5)39-32-37(57(53,54)55)21-23-41(39)47(42)27-12-29-49(6,7)8/h13-15,17-25,31-32H,12,16,26-30H2,1-11H3/q+1/p+2. The maximum atomic E-state index is 12.3. The first kappa shape index (κ1) is 43.6. The molecule has 0 saturated carbocycles. The van der Waals surface area contributed by atoms with Crippen molar-refractivity contribution < 1.29 is 41.2 Å². The summed E-state index contributed by atoms with van der Waals surface area (Å²) >= 11 is 0. The summed E-state index contributed by atoms with van der Waals surface area (Å²) in [6.07, 6.45) is 9.62. The molecule has 0 atom stereocenters. The van der Waals surface area contributed by atoms with Crippen LogP contribution in [-0.2, 0) is 32.2 Å². The summed E-state index contributed by atoms with van der Waals surface area (Å²) in [5.41, 5.74) is 7.62. The summed E-state index contributed by atoms with van der Waals surface area (Å²) in [7, 11) is 8.73. The molecule has 11 heteroatoms. The number of fused-ring (bicyclic) bond motifs is 2. The van der Waals surface area contributed by atoms with E-state index < -0.39 is 21.5 Å². The number of likely N-dealkylation sites (N-methyl/N-ethyl adjacent to an activating group) is 1. The second-order valence-corrected chi connectivity index (χ2v) is 20.0. The van der Waals surface area contributed by atoms with Gasteiger partial charge in [-0.2, -0.15) is 13.0 Å². The number of carboxylic acids is 1. The number of rotatable bonds is 16. The molecule has 306 valence electrons. The lowest BCUT2D eigenvalue weighted by atomic mass is 9.81. The minimum absolute atomic E-state index is 0.0533. The van der Waals surface area contributed by atoms with Crippen molar-refractivity contribution in [2.75, 3.05) is 73.4 Å². The highest BCUT2D eigenvalue weighted by Gasteiger charge is 2.45. The molecule has 0 aliphatic carbocycles. The smallest absolute Gasteiger partial charge is 0.303 e. The third-order valence-electron chi connectivity index (χ3n) is 11.0. The van der Waals surface area contributed by atoms with Crippen LogP contribution in [0.2, 0.25) is 0 Å². The van der Waals surface area contributed by atoms with Gasteiger partial charge in [-0.1, -0.05) is 37.6 Å². The van der Waals surface area contributed by atoms with Crippen LogP contribution in [0.25, 0.3) is 0 Å². The number of allylic oxidation sites excluding steroid dienone is 5. The molecule has 0 bridgehead atoms. The van der Waals surface area contributed by atoms with Gasteiger partial charge in [-0.05, 0) is 92.9 Å². The van der Waals surface area contributed by atoms with E-state index >= 15 is 0 Å². The van der Waals surface area contributed by atoms with Gasteiger partial charge in [-0.3, -0.25) is 9.35 Å². The summed E-state index contributed by atoms with van der Waals surface area (Å²) in [4.78, 5) is 13.3. The Morgan fingerprint density at radius 2 is 1.54 bits per heavy atom. The van der Waals surface area contributed by atoms with E-state index in [9.17, 15) is 22.9 Å². The van der Waals surface area contributed by atoms with Crippen LogP contribution in [0.4, 0.5) is 11.4 Å². The molecule has 57 heavy (non-hydrogen) atoms. The first-order chi connectivity index (χ1) is 26.4. The van der Waals surface area contributed by atoms with Crippen LogP contribution in [0.15, 0.2) is 101 Å². The number of aryl methyl sites for hydroxylation is 2. The fraction of sp³-hybridized carbons (Fsp3) is 0.435. The van der Waals surface area contributed by atoms with Gasteiger partial charge in [0.25, 0.3) is 10.1 Å². The van der Waals surface area contributed by atoms with Crippen molar-refractivity contribution in [2.24, 2.45) is 0 Å². The molecule has 10 nitrogen and oxygen atoms in total. The lowest BCUT2D eigenvalue weighted by Gasteiger charge is -2.29. The summed E-state index contributed by atoms with van der Waals surface area (Å²) in [6.45, 7) is 14.3. The van der Waals surface area contributed by atoms with Gasteiger partial charge in [0.15, 0.2) is 12.3 Å². The van der Waals surface area contributed by atoms with Crippen molar-refractivity contribution in [3.8, 4) is 5.75 Å². The van der Waals surface area contributed by atoms with E-state index in [0.29, 0.717) is 24.5 Å². The molecule has 0 fully saturated rings. The Hall–Kier alpha value is -4.55. The number of aliphatic carboxylic acids is 1. The Morgan fingerprint density at radius 1 is 0.877 bits per heavy atom. The van der Waals surface area contributed by atoms with E-state index in [1.54, 1.807) is 12.1 Å². The normalized spacial score (nSPS) is 17.4. The van der Waals surface area contributed by atoms with Crippen molar-refractivity contribution in [1.82, 2.24) is 0 Å². The number of quaternary nitrogens is 2. The molecular weight excluding hydrogens is 737 g/mol. The first-order valence-electron chi connectivity index (χ1n) is 19.7. The number of carboxylic acid groups (broad SMARTS) is 1. The number of nitrogens with zero attached hydrogens (tertiary/aromatic N) is 4. The van der Waals surface area contributed by atoms with Crippen molar-refractivity contribution >= 4 is 33.2 Å². The molecule has 0 radical (unpaired) electrons. The molecule has 0 saturated heterocycles. The molecular formula is C46H63N4O6S+3. The fourth-order valence-corrected chi connectivity index (χ4v) is 8.25. The van der Waals surface area contributed by atoms with Crippen LogP contribution >= 0.6 is 0 Å². The third kappa shape index (κ3) is 10.5. The predicted octanol–water partition coefficient (Wildman–Crippen LogP) is 7.64. The maximum Gasteiger partial charge on any atom is 0.303 e. The average molecular weight is 800 g/mol. The first-order valence-corrected chi connectivity index (χ1v) is 21.2. The zero-order chi connectivity index (χ0) is 42.1. The van der Waals surface area contributed by atoms with Crippen molar-refractivity contribution in [2.45, 2.75) is 69.6 Å². The van der Waals surface area contributed by atoms with Gasteiger partial charge < -0.3 is 23.7 Å². The molecule has 2 aliphatic rings. The number of ether oxygens (including phenoxy) is 1. The van der Waals surface area contributed by atoms with Crippen LogP contribution in [0.3, 0.4) is 0 Å². The third-order valence-corrected chi connectivity index (χ3v) is 11.9. The minimum Gasteiger partial charge on any atom is -0.481 e. The van der Waals surface area contributed by atoms with Gasteiger partial charge in [0, 0.05) is 53.9 Å². The molecule has 3 aromatic carbocycles. The van der Waals surface area contributed by atoms with Gasteiger partial charge in [0.1, 0.15) is 18.1 Å². The predicted molar refractivity (Wildman–Crippen MR) is 229 cm³/mol.